The van der Waals surface area contributed by atoms with Gasteiger partial charge in [0.2, 0.25) is 0 Å². The Morgan fingerprint density at radius 3 is 2.79 bits per heavy atom. The topological polar surface area (TPSA) is 24.9 Å². The van der Waals surface area contributed by atoms with E-state index < -0.39 is 0 Å². The third-order valence-electron chi connectivity index (χ3n) is 3.19. The van der Waals surface area contributed by atoms with E-state index in [4.69, 9.17) is 0 Å². The van der Waals surface area contributed by atoms with Gasteiger partial charge in [0.05, 0.1) is 10.7 Å². The SMILES string of the molecule is Cc1nc(C(C)C2CCNCC2)cs1. The van der Waals surface area contributed by atoms with Crippen LogP contribution in [-0.2, 0) is 0 Å². The lowest BCUT2D eigenvalue weighted by Gasteiger charge is -2.27. The molecule has 1 saturated heterocycles. The molecule has 0 saturated carbocycles. The molecule has 3 heteroatoms. The van der Waals surface area contributed by atoms with Crippen LogP contribution in [0.15, 0.2) is 5.38 Å². The van der Waals surface area contributed by atoms with Crippen molar-refractivity contribution >= 4 is 11.3 Å². The standard InChI is InChI=1S/C11H18N2S/c1-8(10-3-5-12-6-4-10)11-7-14-9(2)13-11/h7-8,10,12H,3-6H2,1-2H3. The second-order valence-electron chi connectivity index (χ2n) is 4.17. The van der Waals surface area contributed by atoms with Gasteiger partial charge in [0.15, 0.2) is 0 Å². The maximum atomic E-state index is 4.58. The van der Waals surface area contributed by atoms with Gasteiger partial charge in [-0.2, -0.15) is 0 Å². The molecule has 0 spiro atoms. The monoisotopic (exact) mass is 210 g/mol. The van der Waals surface area contributed by atoms with E-state index in [2.05, 4.69) is 29.5 Å². The summed E-state index contributed by atoms with van der Waals surface area (Å²) >= 11 is 1.77. The van der Waals surface area contributed by atoms with Crippen LogP contribution in [0.2, 0.25) is 0 Å². The van der Waals surface area contributed by atoms with Crippen LogP contribution < -0.4 is 5.32 Å². The van der Waals surface area contributed by atoms with Gasteiger partial charge in [0.25, 0.3) is 0 Å². The molecule has 2 heterocycles. The molecule has 2 rings (SSSR count). The van der Waals surface area contributed by atoms with Crippen molar-refractivity contribution in [1.29, 1.82) is 0 Å². The minimum Gasteiger partial charge on any atom is -0.317 e. The fourth-order valence-electron chi connectivity index (χ4n) is 2.18. The third-order valence-corrected chi connectivity index (χ3v) is 3.99. The van der Waals surface area contributed by atoms with Crippen LogP contribution in [0.5, 0.6) is 0 Å². The predicted molar refractivity (Wildman–Crippen MR) is 60.9 cm³/mol. The van der Waals surface area contributed by atoms with Crippen molar-refractivity contribution in [3.05, 3.63) is 16.1 Å². The van der Waals surface area contributed by atoms with Crippen LogP contribution in [0.4, 0.5) is 0 Å². The summed E-state index contributed by atoms with van der Waals surface area (Å²) < 4.78 is 0. The molecule has 78 valence electrons. The number of hydrogen-bond donors (Lipinski definition) is 1. The highest BCUT2D eigenvalue weighted by Crippen LogP contribution is 2.30. The Hall–Kier alpha value is -0.410. The second-order valence-corrected chi connectivity index (χ2v) is 5.23. The zero-order chi connectivity index (χ0) is 9.97. The lowest BCUT2D eigenvalue weighted by atomic mass is 9.84. The summed E-state index contributed by atoms with van der Waals surface area (Å²) in [7, 11) is 0. The van der Waals surface area contributed by atoms with Gasteiger partial charge >= 0.3 is 0 Å². The molecule has 1 aliphatic rings. The highest BCUT2D eigenvalue weighted by molar-refractivity contribution is 7.09. The summed E-state index contributed by atoms with van der Waals surface area (Å²) in [4.78, 5) is 4.58. The minimum atomic E-state index is 0.641. The summed E-state index contributed by atoms with van der Waals surface area (Å²) in [5.74, 6) is 1.47. The molecule has 1 aromatic heterocycles. The van der Waals surface area contributed by atoms with Gasteiger partial charge in [0, 0.05) is 11.3 Å². The van der Waals surface area contributed by atoms with Crippen LogP contribution in [-0.4, -0.2) is 18.1 Å². The minimum absolute atomic E-state index is 0.641. The second kappa shape index (κ2) is 4.41. The van der Waals surface area contributed by atoms with Crippen LogP contribution in [0.1, 0.15) is 36.4 Å². The van der Waals surface area contributed by atoms with Crippen molar-refractivity contribution in [2.24, 2.45) is 5.92 Å². The van der Waals surface area contributed by atoms with Gasteiger partial charge in [-0.1, -0.05) is 6.92 Å². The molecule has 0 radical (unpaired) electrons. The van der Waals surface area contributed by atoms with Crippen LogP contribution in [0, 0.1) is 12.8 Å². The van der Waals surface area contributed by atoms with E-state index in [1.54, 1.807) is 11.3 Å². The predicted octanol–water partition coefficient (Wildman–Crippen LogP) is 2.55. The van der Waals surface area contributed by atoms with Crippen LogP contribution >= 0.6 is 11.3 Å². The lowest BCUT2D eigenvalue weighted by Crippen LogP contribution is -2.30. The van der Waals surface area contributed by atoms with Gasteiger partial charge in [-0.25, -0.2) is 4.98 Å². The molecule has 14 heavy (non-hydrogen) atoms. The Morgan fingerprint density at radius 1 is 1.50 bits per heavy atom. The molecular formula is C11H18N2S. The molecule has 0 aliphatic carbocycles. The number of nitrogens with zero attached hydrogens (tertiary/aromatic N) is 1. The lowest BCUT2D eigenvalue weighted by molar-refractivity contribution is 0.327. The molecule has 1 aromatic rings. The normalized spacial score (nSPS) is 21.0. The quantitative estimate of drug-likeness (QED) is 0.811. The first-order valence-electron chi connectivity index (χ1n) is 5.40. The zero-order valence-corrected chi connectivity index (χ0v) is 9.73. The molecule has 1 fully saturated rings. The van der Waals surface area contributed by atoms with Gasteiger partial charge in [0.1, 0.15) is 0 Å². The fourth-order valence-corrected chi connectivity index (χ4v) is 2.89. The van der Waals surface area contributed by atoms with Gasteiger partial charge in [-0.15, -0.1) is 11.3 Å². The van der Waals surface area contributed by atoms with Crippen LogP contribution in [0.3, 0.4) is 0 Å². The smallest absolute Gasteiger partial charge is 0.0897 e. The maximum Gasteiger partial charge on any atom is 0.0897 e. The van der Waals surface area contributed by atoms with E-state index in [0.29, 0.717) is 5.92 Å². The van der Waals surface area contributed by atoms with Gasteiger partial charge < -0.3 is 5.32 Å². The van der Waals surface area contributed by atoms with Crippen molar-refractivity contribution in [3.63, 3.8) is 0 Å². The summed E-state index contributed by atoms with van der Waals surface area (Å²) in [6.45, 7) is 6.77. The van der Waals surface area contributed by atoms with E-state index in [1.807, 2.05) is 0 Å². The third kappa shape index (κ3) is 2.15. The first-order valence-corrected chi connectivity index (χ1v) is 6.28. The summed E-state index contributed by atoms with van der Waals surface area (Å²) in [5.41, 5.74) is 1.31. The molecule has 2 nitrogen and oxygen atoms in total. The van der Waals surface area contributed by atoms with E-state index in [9.17, 15) is 0 Å². The number of rotatable bonds is 2. The van der Waals surface area contributed by atoms with Gasteiger partial charge in [-0.05, 0) is 38.8 Å². The van der Waals surface area contributed by atoms with Crippen molar-refractivity contribution < 1.29 is 0 Å². The highest BCUT2D eigenvalue weighted by Gasteiger charge is 2.22. The molecule has 0 amide bonds. The number of aromatic nitrogens is 1. The van der Waals surface area contributed by atoms with Crippen molar-refractivity contribution in [3.8, 4) is 0 Å². The van der Waals surface area contributed by atoms with Crippen LogP contribution in [0.25, 0.3) is 0 Å². The molecule has 1 unspecified atom stereocenters. The summed E-state index contributed by atoms with van der Waals surface area (Å²) in [5, 5.41) is 6.83. The highest BCUT2D eigenvalue weighted by atomic mass is 32.1. The Bertz CT molecular complexity index is 289. The van der Waals surface area contributed by atoms with E-state index >= 15 is 0 Å². The first kappa shape index (κ1) is 10.1. The number of piperidine rings is 1. The Labute approximate surface area is 89.8 Å². The summed E-state index contributed by atoms with van der Waals surface area (Å²) in [6, 6.07) is 0. The Balaban J connectivity index is 2.03. The maximum absolute atomic E-state index is 4.58. The average Bonchev–Trinajstić information content (AvgIpc) is 2.65. The number of thiazole rings is 1. The molecule has 1 atom stereocenters. The van der Waals surface area contributed by atoms with E-state index in [-0.39, 0.29) is 0 Å². The van der Waals surface area contributed by atoms with E-state index in [1.165, 1.54) is 36.6 Å². The molecular weight excluding hydrogens is 192 g/mol. The van der Waals surface area contributed by atoms with Crippen molar-refractivity contribution in [1.82, 2.24) is 10.3 Å². The largest absolute Gasteiger partial charge is 0.317 e. The van der Waals surface area contributed by atoms with Crippen molar-refractivity contribution in [2.45, 2.75) is 32.6 Å². The average molecular weight is 210 g/mol. The Morgan fingerprint density at radius 2 is 2.21 bits per heavy atom. The first-order chi connectivity index (χ1) is 6.77. The fraction of sp³-hybridized carbons (Fsp3) is 0.727. The number of aryl methyl sites for hydroxylation is 1. The van der Waals surface area contributed by atoms with E-state index in [0.717, 1.165) is 5.92 Å². The molecule has 0 bridgehead atoms. The molecule has 1 N–H and O–H groups in total. The number of hydrogen-bond acceptors (Lipinski definition) is 3. The van der Waals surface area contributed by atoms with Gasteiger partial charge in [-0.3, -0.25) is 0 Å². The van der Waals surface area contributed by atoms with Crippen molar-refractivity contribution in [2.75, 3.05) is 13.1 Å². The Kier molecular flexibility index (Phi) is 3.19. The number of nitrogens with one attached hydrogen (secondary N) is 1. The molecule has 1 aliphatic heterocycles. The zero-order valence-electron chi connectivity index (χ0n) is 8.92. The summed E-state index contributed by atoms with van der Waals surface area (Å²) in [6.07, 6.45) is 2.61. The molecule has 0 aromatic carbocycles.